The van der Waals surface area contributed by atoms with Crippen LogP contribution < -0.4 is 15.1 Å². The fourth-order valence-electron chi connectivity index (χ4n) is 3.64. The van der Waals surface area contributed by atoms with Crippen molar-refractivity contribution in [3.63, 3.8) is 0 Å². The number of hydrogen-bond acceptors (Lipinski definition) is 6. The molecule has 1 N–H and O–H groups in total. The Bertz CT molecular complexity index is 735. The van der Waals surface area contributed by atoms with Gasteiger partial charge < -0.3 is 15.1 Å². The van der Waals surface area contributed by atoms with Crippen molar-refractivity contribution in [2.24, 2.45) is 0 Å². The van der Waals surface area contributed by atoms with E-state index < -0.39 is 0 Å². The van der Waals surface area contributed by atoms with Crippen molar-refractivity contribution in [2.75, 3.05) is 41.3 Å². The minimum Gasteiger partial charge on any atom is -0.341 e. The molecule has 0 radical (unpaired) electrons. The Labute approximate surface area is 182 Å². The van der Waals surface area contributed by atoms with Crippen molar-refractivity contribution in [2.45, 2.75) is 38.5 Å². The number of nitrogens with one attached hydrogen (secondary N) is 1. The molecule has 2 aliphatic heterocycles. The molecule has 0 unspecified atom stereocenters. The van der Waals surface area contributed by atoms with Crippen molar-refractivity contribution < 1.29 is 0 Å². The summed E-state index contributed by atoms with van der Waals surface area (Å²) in [4.78, 5) is 18.7. The van der Waals surface area contributed by atoms with E-state index in [1.165, 1.54) is 38.5 Å². The third-order valence-electron chi connectivity index (χ3n) is 5.01. The number of benzene rings is 1. The van der Waals surface area contributed by atoms with E-state index >= 15 is 0 Å². The zero-order valence-electron chi connectivity index (χ0n) is 15.7. The maximum absolute atomic E-state index is 6.13. The van der Waals surface area contributed by atoms with Gasteiger partial charge in [0.2, 0.25) is 17.8 Å². The largest absolute Gasteiger partial charge is 0.341 e. The SMILES string of the molecule is Cl.Clc1cc(Cl)cc(Nc2nc(N3CCCCC3)nc(N3CCCCC3)n2)c1. The van der Waals surface area contributed by atoms with Crippen LogP contribution in [0.2, 0.25) is 10.0 Å². The molecule has 0 amide bonds. The van der Waals surface area contributed by atoms with Crippen LogP contribution in [0.15, 0.2) is 18.2 Å². The summed E-state index contributed by atoms with van der Waals surface area (Å²) in [5.41, 5.74) is 0.771. The van der Waals surface area contributed by atoms with Gasteiger partial charge in [0, 0.05) is 41.9 Å². The van der Waals surface area contributed by atoms with Gasteiger partial charge in [-0.25, -0.2) is 0 Å². The minimum absolute atomic E-state index is 0. The van der Waals surface area contributed by atoms with Crippen LogP contribution in [0, 0.1) is 0 Å². The van der Waals surface area contributed by atoms with Crippen LogP contribution in [0.4, 0.5) is 23.5 Å². The van der Waals surface area contributed by atoms with Crippen molar-refractivity contribution in [3.05, 3.63) is 28.2 Å². The molecule has 6 nitrogen and oxygen atoms in total. The first-order valence-electron chi connectivity index (χ1n) is 9.66. The van der Waals surface area contributed by atoms with E-state index in [1.54, 1.807) is 6.07 Å². The maximum Gasteiger partial charge on any atom is 0.233 e. The van der Waals surface area contributed by atoms with Gasteiger partial charge >= 0.3 is 0 Å². The topological polar surface area (TPSA) is 57.2 Å². The first-order valence-corrected chi connectivity index (χ1v) is 10.4. The van der Waals surface area contributed by atoms with E-state index in [1.807, 2.05) is 12.1 Å². The van der Waals surface area contributed by atoms with E-state index in [-0.39, 0.29) is 12.4 Å². The Morgan fingerprint density at radius 2 is 1.14 bits per heavy atom. The highest BCUT2D eigenvalue weighted by Gasteiger charge is 2.20. The molecule has 3 heterocycles. The predicted octanol–water partition coefficient (Wildman–Crippen LogP) is 5.32. The number of nitrogens with zero attached hydrogens (tertiary/aromatic N) is 5. The molecule has 1 aromatic heterocycles. The van der Waals surface area contributed by atoms with Gasteiger partial charge in [-0.2, -0.15) is 15.0 Å². The molecule has 0 atom stereocenters. The second kappa shape index (κ2) is 9.81. The summed E-state index contributed by atoms with van der Waals surface area (Å²) >= 11 is 12.3. The van der Waals surface area contributed by atoms with Crippen LogP contribution in [0.25, 0.3) is 0 Å². The van der Waals surface area contributed by atoms with Gasteiger partial charge in [-0.05, 0) is 56.7 Å². The lowest BCUT2D eigenvalue weighted by atomic mass is 10.1. The molecule has 0 bridgehead atoms. The highest BCUT2D eigenvalue weighted by Crippen LogP contribution is 2.27. The Balaban J connectivity index is 0.00000225. The molecule has 2 fully saturated rings. The summed E-state index contributed by atoms with van der Waals surface area (Å²) < 4.78 is 0. The number of halogens is 3. The lowest BCUT2D eigenvalue weighted by Crippen LogP contribution is -2.34. The van der Waals surface area contributed by atoms with Crippen LogP contribution in [0.3, 0.4) is 0 Å². The summed E-state index contributed by atoms with van der Waals surface area (Å²) in [7, 11) is 0. The lowest BCUT2D eigenvalue weighted by Gasteiger charge is -2.30. The molecule has 9 heteroatoms. The molecule has 0 spiro atoms. The first-order chi connectivity index (χ1) is 13.2. The monoisotopic (exact) mass is 442 g/mol. The van der Waals surface area contributed by atoms with Crippen LogP contribution >= 0.6 is 35.6 Å². The normalized spacial score (nSPS) is 17.2. The standard InChI is InChI=1S/C19H24Cl2N6.ClH/c20-14-11-15(21)13-16(12-14)22-17-23-18(26-7-3-1-4-8-26)25-19(24-17)27-9-5-2-6-10-27;/h11-13H,1-10H2,(H,22,23,24,25);1H. The maximum atomic E-state index is 6.13. The molecule has 4 rings (SSSR count). The van der Waals surface area contributed by atoms with Gasteiger partial charge in [0.05, 0.1) is 0 Å². The number of piperidine rings is 2. The quantitative estimate of drug-likeness (QED) is 0.689. The van der Waals surface area contributed by atoms with Crippen molar-refractivity contribution in [1.82, 2.24) is 15.0 Å². The molecule has 0 saturated carbocycles. The third kappa shape index (κ3) is 5.31. The molecule has 28 heavy (non-hydrogen) atoms. The van der Waals surface area contributed by atoms with Gasteiger partial charge in [-0.1, -0.05) is 23.2 Å². The number of hydrogen-bond donors (Lipinski definition) is 1. The summed E-state index contributed by atoms with van der Waals surface area (Å²) in [6.07, 6.45) is 7.25. The Kier molecular flexibility index (Phi) is 7.43. The average Bonchev–Trinajstić information content (AvgIpc) is 2.68. The Morgan fingerprint density at radius 3 is 1.61 bits per heavy atom. The van der Waals surface area contributed by atoms with Gasteiger partial charge in [0.1, 0.15) is 0 Å². The van der Waals surface area contributed by atoms with Crippen molar-refractivity contribution in [3.8, 4) is 0 Å². The molecule has 1 aromatic carbocycles. The summed E-state index contributed by atoms with van der Waals surface area (Å²) in [5.74, 6) is 2.03. The predicted molar refractivity (Wildman–Crippen MR) is 119 cm³/mol. The first kappa shape index (κ1) is 21.2. The second-order valence-electron chi connectivity index (χ2n) is 7.14. The van der Waals surface area contributed by atoms with E-state index in [0.29, 0.717) is 16.0 Å². The zero-order chi connectivity index (χ0) is 18.6. The van der Waals surface area contributed by atoms with Crippen molar-refractivity contribution >= 4 is 59.1 Å². The average molecular weight is 444 g/mol. The van der Waals surface area contributed by atoms with Crippen LogP contribution in [-0.4, -0.2) is 41.1 Å². The summed E-state index contributed by atoms with van der Waals surface area (Å²) in [6.45, 7) is 3.97. The number of aromatic nitrogens is 3. The van der Waals surface area contributed by atoms with Crippen LogP contribution in [0.1, 0.15) is 38.5 Å². The zero-order valence-corrected chi connectivity index (χ0v) is 18.0. The molecule has 0 aliphatic carbocycles. The third-order valence-corrected chi connectivity index (χ3v) is 5.44. The van der Waals surface area contributed by atoms with E-state index in [9.17, 15) is 0 Å². The summed E-state index contributed by atoms with van der Waals surface area (Å²) in [5, 5.41) is 4.41. The van der Waals surface area contributed by atoms with E-state index in [4.69, 9.17) is 28.2 Å². The highest BCUT2D eigenvalue weighted by molar-refractivity contribution is 6.35. The highest BCUT2D eigenvalue weighted by atomic mass is 35.5. The van der Waals surface area contributed by atoms with Gasteiger partial charge in [0.15, 0.2) is 0 Å². The fourth-order valence-corrected chi connectivity index (χ4v) is 4.16. The van der Waals surface area contributed by atoms with Crippen LogP contribution in [-0.2, 0) is 0 Å². The second-order valence-corrected chi connectivity index (χ2v) is 8.01. The fraction of sp³-hybridized carbons (Fsp3) is 0.526. The lowest BCUT2D eigenvalue weighted by molar-refractivity contribution is 0.556. The Hall–Kier alpha value is -1.50. The number of rotatable bonds is 4. The van der Waals surface area contributed by atoms with Gasteiger partial charge in [-0.15, -0.1) is 12.4 Å². The molecule has 2 aliphatic rings. The van der Waals surface area contributed by atoms with E-state index in [0.717, 1.165) is 43.8 Å². The molecule has 152 valence electrons. The van der Waals surface area contributed by atoms with Gasteiger partial charge in [-0.3, -0.25) is 0 Å². The van der Waals surface area contributed by atoms with Gasteiger partial charge in [0.25, 0.3) is 0 Å². The number of anilines is 4. The van der Waals surface area contributed by atoms with E-state index in [2.05, 4.69) is 25.1 Å². The molecule has 2 aromatic rings. The summed E-state index contributed by atoms with van der Waals surface area (Å²) in [6, 6.07) is 5.34. The minimum atomic E-state index is 0. The van der Waals surface area contributed by atoms with Crippen molar-refractivity contribution in [1.29, 1.82) is 0 Å². The molecular formula is C19H25Cl3N6. The molecule has 2 saturated heterocycles. The van der Waals surface area contributed by atoms with Crippen LogP contribution in [0.5, 0.6) is 0 Å². The Morgan fingerprint density at radius 1 is 0.679 bits per heavy atom. The molecular weight excluding hydrogens is 419 g/mol. The smallest absolute Gasteiger partial charge is 0.233 e.